The molecular formula is C7H12O4Ti. The largest absolute Gasteiger partial charge is 0.481 e. The van der Waals surface area contributed by atoms with E-state index in [-0.39, 0.29) is 28.1 Å². The smallest absolute Gasteiger partial charge is 0.317 e. The molecule has 0 bridgehead atoms. The van der Waals surface area contributed by atoms with Gasteiger partial charge in [-0.25, -0.2) is 0 Å². The molecule has 0 saturated carbocycles. The van der Waals surface area contributed by atoms with Gasteiger partial charge in [0.25, 0.3) is 0 Å². The molecule has 2 N–H and O–H groups in total. The summed E-state index contributed by atoms with van der Waals surface area (Å²) in [7, 11) is 0. The van der Waals surface area contributed by atoms with Crippen molar-refractivity contribution >= 4 is 11.9 Å². The first-order valence-electron chi connectivity index (χ1n) is 3.55. The van der Waals surface area contributed by atoms with Gasteiger partial charge >= 0.3 is 11.9 Å². The molecule has 0 aliphatic rings. The van der Waals surface area contributed by atoms with Gasteiger partial charge in [-0.05, 0) is 6.42 Å². The van der Waals surface area contributed by atoms with E-state index in [0.717, 1.165) is 6.42 Å². The number of rotatable bonds is 5. The molecule has 0 saturated heterocycles. The van der Waals surface area contributed by atoms with E-state index in [2.05, 4.69) is 0 Å². The van der Waals surface area contributed by atoms with Crippen molar-refractivity contribution in [2.24, 2.45) is 5.92 Å². The molecule has 0 atom stereocenters. The van der Waals surface area contributed by atoms with E-state index in [9.17, 15) is 9.59 Å². The summed E-state index contributed by atoms with van der Waals surface area (Å²) in [6.07, 6.45) is 1.68. The molecule has 0 aromatic heterocycles. The number of hydrogen-bond acceptors (Lipinski definition) is 2. The van der Waals surface area contributed by atoms with E-state index in [4.69, 9.17) is 10.2 Å². The predicted molar refractivity (Wildman–Crippen MR) is 38.3 cm³/mol. The first kappa shape index (κ1) is 14.2. The average Bonchev–Trinajstić information content (AvgIpc) is 1.87. The third-order valence-electron chi connectivity index (χ3n) is 1.44. The maximum absolute atomic E-state index is 10.3. The third kappa shape index (κ3) is 5.32. The first-order chi connectivity index (χ1) is 5.09. The summed E-state index contributed by atoms with van der Waals surface area (Å²) in [5, 5.41) is 16.8. The van der Waals surface area contributed by atoms with Gasteiger partial charge in [-0.2, -0.15) is 0 Å². The zero-order valence-corrected chi connectivity index (χ0v) is 8.47. The van der Waals surface area contributed by atoms with Crippen LogP contribution in [0.5, 0.6) is 0 Å². The van der Waals surface area contributed by atoms with Crippen molar-refractivity contribution < 1.29 is 41.5 Å². The van der Waals surface area contributed by atoms with Crippen LogP contribution in [0.15, 0.2) is 0 Å². The number of carboxylic acids is 2. The van der Waals surface area contributed by atoms with Crippen LogP contribution in [-0.4, -0.2) is 22.2 Å². The fourth-order valence-electron chi connectivity index (χ4n) is 0.761. The number of hydrogen-bond donors (Lipinski definition) is 2. The predicted octanol–water partition coefficient (Wildman–Crippen LogP) is 0.960. The molecule has 0 fully saturated rings. The molecule has 5 heteroatoms. The Hall–Kier alpha value is -0.346. The van der Waals surface area contributed by atoms with Crippen LogP contribution in [0.4, 0.5) is 0 Å². The van der Waals surface area contributed by atoms with Crippen LogP contribution in [-0.2, 0) is 31.3 Å². The Morgan fingerprint density at radius 3 is 1.92 bits per heavy atom. The van der Waals surface area contributed by atoms with E-state index in [1.807, 2.05) is 6.92 Å². The van der Waals surface area contributed by atoms with Crippen LogP contribution in [0, 0.1) is 5.92 Å². The second-order valence-corrected chi connectivity index (χ2v) is 2.37. The minimum Gasteiger partial charge on any atom is -0.481 e. The van der Waals surface area contributed by atoms with Gasteiger partial charge in [0.05, 0.1) is 0 Å². The van der Waals surface area contributed by atoms with E-state index >= 15 is 0 Å². The van der Waals surface area contributed by atoms with Crippen LogP contribution in [0.25, 0.3) is 0 Å². The quantitative estimate of drug-likeness (QED) is 0.521. The number of carbonyl (C=O) groups is 2. The third-order valence-corrected chi connectivity index (χ3v) is 1.44. The molecule has 0 aliphatic heterocycles. The Balaban J connectivity index is 0. The van der Waals surface area contributed by atoms with E-state index in [1.165, 1.54) is 0 Å². The zero-order chi connectivity index (χ0) is 8.85. The minimum atomic E-state index is -1.24. The van der Waals surface area contributed by atoms with Crippen LogP contribution in [0.1, 0.15) is 26.2 Å². The summed E-state index contributed by atoms with van der Waals surface area (Å²) >= 11 is 0. The van der Waals surface area contributed by atoms with Crippen LogP contribution in [0.2, 0.25) is 0 Å². The van der Waals surface area contributed by atoms with Gasteiger partial charge in [0.15, 0.2) is 5.92 Å². The molecule has 0 aromatic rings. The summed E-state index contributed by atoms with van der Waals surface area (Å²) in [5.41, 5.74) is 0. The van der Waals surface area contributed by atoms with Crippen molar-refractivity contribution in [2.75, 3.05) is 0 Å². The molecule has 4 nitrogen and oxygen atoms in total. The standard InChI is InChI=1S/C7H12O4.Ti/c1-2-3-4-5(6(8)9)7(10)11;/h5H,2-4H2,1H3,(H,8,9)(H,10,11);. The molecule has 0 spiro atoms. The van der Waals surface area contributed by atoms with Gasteiger partial charge in [-0.3, -0.25) is 9.59 Å². The molecule has 0 aromatic carbocycles. The Kier molecular flexibility index (Phi) is 8.65. The zero-order valence-electron chi connectivity index (χ0n) is 6.91. The van der Waals surface area contributed by atoms with Crippen LogP contribution < -0.4 is 0 Å². The second kappa shape index (κ2) is 7.31. The molecule has 12 heavy (non-hydrogen) atoms. The number of unbranched alkanes of at least 4 members (excludes halogenated alkanes) is 1. The van der Waals surface area contributed by atoms with Crippen molar-refractivity contribution in [3.05, 3.63) is 0 Å². The van der Waals surface area contributed by atoms with Crippen molar-refractivity contribution in [3.8, 4) is 0 Å². The van der Waals surface area contributed by atoms with Gasteiger partial charge in [0.1, 0.15) is 0 Å². The van der Waals surface area contributed by atoms with Crippen molar-refractivity contribution in [1.82, 2.24) is 0 Å². The topological polar surface area (TPSA) is 74.6 Å². The summed E-state index contributed by atoms with van der Waals surface area (Å²) in [6, 6.07) is 0. The molecule has 0 rings (SSSR count). The molecule has 68 valence electrons. The van der Waals surface area contributed by atoms with Crippen LogP contribution >= 0.6 is 0 Å². The van der Waals surface area contributed by atoms with Gasteiger partial charge in [-0.15, -0.1) is 0 Å². The van der Waals surface area contributed by atoms with Crippen LogP contribution in [0.3, 0.4) is 0 Å². The SMILES string of the molecule is CCCCC(C(=O)O)C(=O)O.[Ti]. The van der Waals surface area contributed by atoms with E-state index in [0.29, 0.717) is 6.42 Å². The molecule has 0 aliphatic carbocycles. The van der Waals surface area contributed by atoms with Gasteiger partial charge in [0, 0.05) is 21.7 Å². The fraction of sp³-hybridized carbons (Fsp3) is 0.714. The Morgan fingerprint density at radius 2 is 1.67 bits per heavy atom. The maximum atomic E-state index is 10.3. The fourth-order valence-corrected chi connectivity index (χ4v) is 0.761. The molecule has 0 radical (unpaired) electrons. The van der Waals surface area contributed by atoms with Gasteiger partial charge in [0.2, 0.25) is 0 Å². The summed E-state index contributed by atoms with van der Waals surface area (Å²) in [5.74, 6) is -3.72. The summed E-state index contributed by atoms with van der Waals surface area (Å²) in [6.45, 7) is 1.89. The second-order valence-electron chi connectivity index (χ2n) is 2.37. The normalized spacial score (nSPS) is 9.17. The maximum Gasteiger partial charge on any atom is 0.317 e. The molecule has 0 amide bonds. The Bertz CT molecular complexity index is 143. The molecular weight excluding hydrogens is 196 g/mol. The van der Waals surface area contributed by atoms with Gasteiger partial charge < -0.3 is 10.2 Å². The Labute approximate surface area is 85.8 Å². The number of aliphatic carboxylic acids is 2. The van der Waals surface area contributed by atoms with E-state index < -0.39 is 17.9 Å². The van der Waals surface area contributed by atoms with Crippen molar-refractivity contribution in [3.63, 3.8) is 0 Å². The van der Waals surface area contributed by atoms with Crippen molar-refractivity contribution in [2.45, 2.75) is 26.2 Å². The molecule has 0 heterocycles. The van der Waals surface area contributed by atoms with Crippen molar-refractivity contribution in [1.29, 1.82) is 0 Å². The summed E-state index contributed by atoms with van der Waals surface area (Å²) in [4.78, 5) is 20.5. The van der Waals surface area contributed by atoms with E-state index in [1.54, 1.807) is 0 Å². The average molecular weight is 208 g/mol. The Morgan fingerprint density at radius 1 is 1.25 bits per heavy atom. The number of carboxylic acid groups (broad SMARTS) is 2. The monoisotopic (exact) mass is 208 g/mol. The molecule has 0 unspecified atom stereocenters. The minimum absolute atomic E-state index is 0. The van der Waals surface area contributed by atoms with Gasteiger partial charge in [-0.1, -0.05) is 19.8 Å². The first-order valence-corrected chi connectivity index (χ1v) is 3.55. The summed E-state index contributed by atoms with van der Waals surface area (Å²) < 4.78 is 0.